The summed E-state index contributed by atoms with van der Waals surface area (Å²) in [7, 11) is 0. The van der Waals surface area contributed by atoms with E-state index in [1.165, 1.54) is 0 Å². The second-order valence-electron chi connectivity index (χ2n) is 4.44. The summed E-state index contributed by atoms with van der Waals surface area (Å²) in [6.45, 7) is 3.55. The predicted molar refractivity (Wildman–Crippen MR) is 76.5 cm³/mol. The Labute approximate surface area is 111 Å². The van der Waals surface area contributed by atoms with Gasteiger partial charge in [0.15, 0.2) is 0 Å². The first-order valence-corrected chi connectivity index (χ1v) is 6.43. The van der Waals surface area contributed by atoms with E-state index in [2.05, 4.69) is 34.7 Å². The molecule has 1 aromatic carbocycles. The molecule has 0 aliphatic rings. The van der Waals surface area contributed by atoms with Gasteiger partial charge in [0.1, 0.15) is 5.82 Å². The van der Waals surface area contributed by atoms with E-state index in [9.17, 15) is 0 Å². The molecular weight excluding hydrogens is 236 g/mol. The number of benzene rings is 1. The number of aromatic nitrogens is 3. The van der Waals surface area contributed by atoms with Gasteiger partial charge in [0.25, 0.3) is 0 Å². The summed E-state index contributed by atoms with van der Waals surface area (Å²) in [5.74, 6) is 0.981. The molecule has 0 aliphatic heterocycles. The first kappa shape index (κ1) is 11.9. The maximum Gasteiger partial charge on any atom is 0.141 e. The third-order valence-corrected chi connectivity index (χ3v) is 3.30. The number of pyridine rings is 1. The van der Waals surface area contributed by atoms with Gasteiger partial charge in [0.05, 0.1) is 11.0 Å². The molecule has 0 aliphatic carbocycles. The van der Waals surface area contributed by atoms with E-state index in [1.54, 1.807) is 12.4 Å². The monoisotopic (exact) mass is 252 g/mol. The van der Waals surface area contributed by atoms with Gasteiger partial charge in [0, 0.05) is 31.0 Å². The molecule has 3 rings (SSSR count). The van der Waals surface area contributed by atoms with Crippen molar-refractivity contribution in [3.05, 3.63) is 48.3 Å². The van der Waals surface area contributed by atoms with E-state index in [1.807, 2.05) is 12.1 Å². The Hall–Kier alpha value is -2.20. The minimum atomic E-state index is 0.541. The lowest BCUT2D eigenvalue weighted by molar-refractivity contribution is 0.796. The summed E-state index contributed by atoms with van der Waals surface area (Å²) in [4.78, 5) is 8.80. The number of aryl methyl sites for hydroxylation is 1. The van der Waals surface area contributed by atoms with Gasteiger partial charge in [-0.1, -0.05) is 6.07 Å². The molecule has 4 nitrogen and oxygen atoms in total. The number of hydrogen-bond donors (Lipinski definition) is 1. The van der Waals surface area contributed by atoms with Crippen LogP contribution in [0.25, 0.3) is 22.4 Å². The summed E-state index contributed by atoms with van der Waals surface area (Å²) >= 11 is 0. The highest BCUT2D eigenvalue weighted by molar-refractivity contribution is 5.81. The fraction of sp³-hybridized carbons (Fsp3) is 0.200. The Morgan fingerprint density at radius 3 is 2.63 bits per heavy atom. The van der Waals surface area contributed by atoms with Crippen LogP contribution in [0.3, 0.4) is 0 Å². The van der Waals surface area contributed by atoms with Crippen LogP contribution in [0.1, 0.15) is 12.5 Å². The summed E-state index contributed by atoms with van der Waals surface area (Å²) < 4.78 is 2.21. The number of nitrogens with zero attached hydrogens (tertiary/aromatic N) is 3. The first-order chi connectivity index (χ1) is 9.33. The Morgan fingerprint density at radius 2 is 1.95 bits per heavy atom. The van der Waals surface area contributed by atoms with Crippen molar-refractivity contribution >= 4 is 11.0 Å². The fourth-order valence-corrected chi connectivity index (χ4v) is 2.34. The third-order valence-electron chi connectivity index (χ3n) is 3.30. The Balaban J connectivity index is 2.25. The molecule has 3 aromatic rings. The first-order valence-electron chi connectivity index (χ1n) is 6.43. The second kappa shape index (κ2) is 4.82. The fourth-order valence-electron chi connectivity index (χ4n) is 2.34. The van der Waals surface area contributed by atoms with Gasteiger partial charge in [-0.3, -0.25) is 4.98 Å². The molecule has 0 radical (unpaired) electrons. The summed E-state index contributed by atoms with van der Waals surface area (Å²) in [6.07, 6.45) is 3.58. The lowest BCUT2D eigenvalue weighted by Crippen LogP contribution is -1.98. The van der Waals surface area contributed by atoms with Crippen molar-refractivity contribution in [3.63, 3.8) is 0 Å². The lowest BCUT2D eigenvalue weighted by atomic mass is 10.2. The normalized spacial score (nSPS) is 11.1. The lowest BCUT2D eigenvalue weighted by Gasteiger charge is -2.05. The summed E-state index contributed by atoms with van der Waals surface area (Å²) in [5, 5.41) is 0. The van der Waals surface area contributed by atoms with Gasteiger partial charge in [-0.2, -0.15) is 0 Å². The minimum absolute atomic E-state index is 0.541. The van der Waals surface area contributed by atoms with E-state index in [0.717, 1.165) is 34.5 Å². The standard InChI is InChI=1S/C15H16N4/c1-2-19-14-4-3-11(10-16)9-13(14)18-15(19)12-5-7-17-8-6-12/h3-9H,2,10,16H2,1H3. The highest BCUT2D eigenvalue weighted by Gasteiger charge is 2.11. The van der Waals surface area contributed by atoms with Crippen LogP contribution < -0.4 is 5.73 Å². The van der Waals surface area contributed by atoms with Crippen molar-refractivity contribution in [2.24, 2.45) is 5.73 Å². The van der Waals surface area contributed by atoms with E-state index < -0.39 is 0 Å². The Bertz CT molecular complexity index is 701. The van der Waals surface area contributed by atoms with Crippen molar-refractivity contribution in [2.75, 3.05) is 0 Å². The number of rotatable bonds is 3. The van der Waals surface area contributed by atoms with Crippen LogP contribution >= 0.6 is 0 Å². The molecule has 96 valence electrons. The Morgan fingerprint density at radius 1 is 1.16 bits per heavy atom. The average molecular weight is 252 g/mol. The van der Waals surface area contributed by atoms with Crippen molar-refractivity contribution in [3.8, 4) is 11.4 Å². The van der Waals surface area contributed by atoms with Gasteiger partial charge < -0.3 is 10.3 Å². The molecule has 2 aromatic heterocycles. The zero-order valence-electron chi connectivity index (χ0n) is 10.9. The van der Waals surface area contributed by atoms with Gasteiger partial charge >= 0.3 is 0 Å². The van der Waals surface area contributed by atoms with Crippen molar-refractivity contribution in [1.82, 2.24) is 14.5 Å². The zero-order chi connectivity index (χ0) is 13.2. The SMILES string of the molecule is CCn1c(-c2ccncc2)nc2cc(CN)ccc21. The largest absolute Gasteiger partial charge is 0.326 e. The van der Waals surface area contributed by atoms with Crippen LogP contribution in [-0.2, 0) is 13.1 Å². The maximum atomic E-state index is 5.69. The van der Waals surface area contributed by atoms with Crippen LogP contribution in [0.15, 0.2) is 42.7 Å². The zero-order valence-corrected chi connectivity index (χ0v) is 10.9. The number of imidazole rings is 1. The van der Waals surface area contributed by atoms with E-state index >= 15 is 0 Å². The number of nitrogens with two attached hydrogens (primary N) is 1. The van der Waals surface area contributed by atoms with Gasteiger partial charge in [-0.15, -0.1) is 0 Å². The van der Waals surface area contributed by atoms with Crippen molar-refractivity contribution in [1.29, 1.82) is 0 Å². The molecule has 0 atom stereocenters. The molecule has 2 N–H and O–H groups in total. The minimum Gasteiger partial charge on any atom is -0.326 e. The van der Waals surface area contributed by atoms with Crippen LogP contribution in [-0.4, -0.2) is 14.5 Å². The number of hydrogen-bond acceptors (Lipinski definition) is 3. The maximum absolute atomic E-state index is 5.69. The molecule has 0 saturated carbocycles. The summed E-state index contributed by atoms with van der Waals surface area (Å²) in [5.41, 5.74) is 10.0. The van der Waals surface area contributed by atoms with Crippen molar-refractivity contribution < 1.29 is 0 Å². The molecular formula is C15H16N4. The van der Waals surface area contributed by atoms with E-state index in [0.29, 0.717) is 6.54 Å². The van der Waals surface area contributed by atoms with E-state index in [4.69, 9.17) is 10.7 Å². The summed E-state index contributed by atoms with van der Waals surface area (Å²) in [6, 6.07) is 10.2. The Kier molecular flexibility index (Phi) is 3.01. The molecule has 0 amide bonds. The molecule has 0 bridgehead atoms. The smallest absolute Gasteiger partial charge is 0.141 e. The van der Waals surface area contributed by atoms with Crippen LogP contribution in [0.5, 0.6) is 0 Å². The average Bonchev–Trinajstić information content (AvgIpc) is 2.85. The topological polar surface area (TPSA) is 56.7 Å². The molecule has 19 heavy (non-hydrogen) atoms. The number of fused-ring (bicyclic) bond motifs is 1. The molecule has 0 unspecified atom stereocenters. The molecule has 2 heterocycles. The van der Waals surface area contributed by atoms with Crippen LogP contribution in [0, 0.1) is 0 Å². The third kappa shape index (κ3) is 2.00. The predicted octanol–water partition coefficient (Wildman–Crippen LogP) is 2.58. The van der Waals surface area contributed by atoms with Crippen molar-refractivity contribution in [2.45, 2.75) is 20.0 Å². The highest BCUT2D eigenvalue weighted by Crippen LogP contribution is 2.25. The van der Waals surface area contributed by atoms with E-state index in [-0.39, 0.29) is 0 Å². The quantitative estimate of drug-likeness (QED) is 0.779. The molecule has 0 spiro atoms. The highest BCUT2D eigenvalue weighted by atomic mass is 15.1. The van der Waals surface area contributed by atoms with Gasteiger partial charge in [-0.25, -0.2) is 4.98 Å². The van der Waals surface area contributed by atoms with Crippen LogP contribution in [0.4, 0.5) is 0 Å². The molecule has 0 saturated heterocycles. The molecule has 4 heteroatoms. The van der Waals surface area contributed by atoms with Crippen LogP contribution in [0.2, 0.25) is 0 Å². The molecule has 0 fully saturated rings. The second-order valence-corrected chi connectivity index (χ2v) is 4.44. The van der Waals surface area contributed by atoms with Gasteiger partial charge in [-0.05, 0) is 36.8 Å². The van der Waals surface area contributed by atoms with Gasteiger partial charge in [0.2, 0.25) is 0 Å².